The third-order valence-electron chi connectivity index (χ3n) is 1.97. The Morgan fingerprint density at radius 3 is 2.75 bits per heavy atom. The Labute approximate surface area is 89.9 Å². The first kappa shape index (κ1) is 12.2. The van der Waals surface area contributed by atoms with E-state index >= 15 is 0 Å². The van der Waals surface area contributed by atoms with Gasteiger partial charge in [-0.2, -0.15) is 0 Å². The molecule has 0 radical (unpaired) electrons. The predicted molar refractivity (Wildman–Crippen MR) is 51.5 cm³/mol. The zero-order chi connectivity index (χ0) is 12.3. The standard InChI is InChI=1S/C9H10F2N2O3/c1-16-7-4(2-6(14)15)5(8(10)11)3-13-9(7)12/h3,8H,2H2,1H3,(H2,12,13)(H,14,15). The topological polar surface area (TPSA) is 85.4 Å². The van der Waals surface area contributed by atoms with Gasteiger partial charge < -0.3 is 15.6 Å². The molecule has 3 N–H and O–H groups in total. The predicted octanol–water partition coefficient (Wildman–Crippen LogP) is 1.24. The van der Waals surface area contributed by atoms with Crippen molar-refractivity contribution in [2.45, 2.75) is 12.8 Å². The number of aromatic nitrogens is 1. The van der Waals surface area contributed by atoms with Crippen LogP contribution in [0.2, 0.25) is 0 Å². The summed E-state index contributed by atoms with van der Waals surface area (Å²) in [5.74, 6) is -1.46. The summed E-state index contributed by atoms with van der Waals surface area (Å²) in [5, 5.41) is 8.62. The number of carboxylic acid groups (broad SMARTS) is 1. The van der Waals surface area contributed by atoms with Crippen LogP contribution in [0.25, 0.3) is 0 Å². The highest BCUT2D eigenvalue weighted by Crippen LogP contribution is 2.33. The first-order valence-corrected chi connectivity index (χ1v) is 4.28. The van der Waals surface area contributed by atoms with E-state index in [0.717, 1.165) is 6.20 Å². The highest BCUT2D eigenvalue weighted by atomic mass is 19.3. The Hall–Kier alpha value is -1.92. The van der Waals surface area contributed by atoms with Crippen LogP contribution >= 0.6 is 0 Å². The van der Waals surface area contributed by atoms with Gasteiger partial charge in [-0.05, 0) is 0 Å². The van der Waals surface area contributed by atoms with E-state index in [4.69, 9.17) is 15.6 Å². The number of hydrogen-bond acceptors (Lipinski definition) is 4. The van der Waals surface area contributed by atoms with Gasteiger partial charge in [0.1, 0.15) is 0 Å². The van der Waals surface area contributed by atoms with Crippen molar-refractivity contribution in [1.82, 2.24) is 4.98 Å². The molecule has 0 aliphatic heterocycles. The molecule has 0 saturated carbocycles. The number of ether oxygens (including phenoxy) is 1. The van der Waals surface area contributed by atoms with E-state index in [1.807, 2.05) is 0 Å². The maximum absolute atomic E-state index is 12.6. The number of anilines is 1. The van der Waals surface area contributed by atoms with Crippen LogP contribution in [0.15, 0.2) is 6.20 Å². The van der Waals surface area contributed by atoms with E-state index in [1.165, 1.54) is 7.11 Å². The summed E-state index contributed by atoms with van der Waals surface area (Å²) in [7, 11) is 1.22. The lowest BCUT2D eigenvalue weighted by Gasteiger charge is -2.13. The molecule has 0 atom stereocenters. The number of methoxy groups -OCH3 is 1. The second-order valence-electron chi connectivity index (χ2n) is 2.98. The molecule has 1 aromatic rings. The van der Waals surface area contributed by atoms with E-state index in [-0.39, 0.29) is 17.1 Å². The highest BCUT2D eigenvalue weighted by molar-refractivity contribution is 5.73. The summed E-state index contributed by atoms with van der Waals surface area (Å²) in [5.41, 5.74) is 4.78. The minimum atomic E-state index is -2.82. The number of carbonyl (C=O) groups is 1. The normalized spacial score (nSPS) is 10.5. The Balaban J connectivity index is 3.34. The minimum Gasteiger partial charge on any atom is -0.493 e. The van der Waals surface area contributed by atoms with Crippen LogP contribution in [0.5, 0.6) is 5.75 Å². The summed E-state index contributed by atoms with van der Waals surface area (Å²) in [6.45, 7) is 0. The number of carboxylic acids is 1. The third-order valence-corrected chi connectivity index (χ3v) is 1.97. The number of hydrogen-bond donors (Lipinski definition) is 2. The Morgan fingerprint density at radius 1 is 1.69 bits per heavy atom. The van der Waals surface area contributed by atoms with Gasteiger partial charge in [-0.1, -0.05) is 0 Å². The van der Waals surface area contributed by atoms with Crippen molar-refractivity contribution >= 4 is 11.8 Å². The van der Waals surface area contributed by atoms with Crippen LogP contribution in [0.3, 0.4) is 0 Å². The van der Waals surface area contributed by atoms with Crippen molar-refractivity contribution in [2.75, 3.05) is 12.8 Å². The fraction of sp³-hybridized carbons (Fsp3) is 0.333. The van der Waals surface area contributed by atoms with Crippen molar-refractivity contribution in [3.8, 4) is 5.75 Å². The number of nitrogen functional groups attached to an aromatic ring is 1. The van der Waals surface area contributed by atoms with Crippen LogP contribution in [0.1, 0.15) is 17.6 Å². The summed E-state index contributed by atoms with van der Waals surface area (Å²) in [4.78, 5) is 14.1. The van der Waals surface area contributed by atoms with Crippen molar-refractivity contribution in [1.29, 1.82) is 0 Å². The molecule has 5 nitrogen and oxygen atoms in total. The Kier molecular flexibility index (Phi) is 3.60. The molecule has 0 aliphatic carbocycles. The number of nitrogens with zero attached hydrogens (tertiary/aromatic N) is 1. The Bertz CT molecular complexity index is 410. The molecule has 0 fully saturated rings. The van der Waals surface area contributed by atoms with E-state index in [2.05, 4.69) is 4.98 Å². The number of pyridine rings is 1. The lowest BCUT2D eigenvalue weighted by Crippen LogP contribution is -2.09. The number of aliphatic carboxylic acids is 1. The molecule has 16 heavy (non-hydrogen) atoms. The summed E-state index contributed by atoms with van der Waals surface area (Å²) in [6.07, 6.45) is -2.55. The lowest BCUT2D eigenvalue weighted by molar-refractivity contribution is -0.136. The molecule has 1 rings (SSSR count). The maximum Gasteiger partial charge on any atom is 0.307 e. The van der Waals surface area contributed by atoms with Crippen LogP contribution in [-0.4, -0.2) is 23.2 Å². The molecule has 1 heterocycles. The van der Waals surface area contributed by atoms with Crippen molar-refractivity contribution in [3.05, 3.63) is 17.3 Å². The molecule has 0 aromatic carbocycles. The van der Waals surface area contributed by atoms with Gasteiger partial charge in [0.2, 0.25) is 0 Å². The monoisotopic (exact) mass is 232 g/mol. The van der Waals surface area contributed by atoms with Crippen LogP contribution in [-0.2, 0) is 11.2 Å². The molecule has 0 unspecified atom stereocenters. The summed E-state index contributed by atoms with van der Waals surface area (Å²) < 4.78 is 30.0. The van der Waals surface area contributed by atoms with Crippen LogP contribution < -0.4 is 10.5 Å². The molecule has 1 aromatic heterocycles. The van der Waals surface area contributed by atoms with Gasteiger partial charge in [-0.15, -0.1) is 0 Å². The molecule has 7 heteroatoms. The second kappa shape index (κ2) is 4.73. The molecule has 0 bridgehead atoms. The van der Waals surface area contributed by atoms with Gasteiger partial charge in [-0.3, -0.25) is 4.79 Å². The van der Waals surface area contributed by atoms with Gasteiger partial charge >= 0.3 is 5.97 Å². The largest absolute Gasteiger partial charge is 0.493 e. The molecular formula is C9H10F2N2O3. The smallest absolute Gasteiger partial charge is 0.307 e. The fourth-order valence-corrected chi connectivity index (χ4v) is 1.31. The fourth-order valence-electron chi connectivity index (χ4n) is 1.31. The summed E-state index contributed by atoms with van der Waals surface area (Å²) >= 11 is 0. The van der Waals surface area contributed by atoms with E-state index in [9.17, 15) is 13.6 Å². The minimum absolute atomic E-state index is 0.108. The van der Waals surface area contributed by atoms with Gasteiger partial charge in [0.15, 0.2) is 11.6 Å². The SMILES string of the molecule is COc1c(N)ncc(C(F)F)c1CC(=O)O. The number of rotatable bonds is 4. The van der Waals surface area contributed by atoms with E-state index in [1.54, 1.807) is 0 Å². The zero-order valence-electron chi connectivity index (χ0n) is 8.41. The molecule has 0 spiro atoms. The highest BCUT2D eigenvalue weighted by Gasteiger charge is 2.21. The molecule has 88 valence electrons. The first-order chi connectivity index (χ1) is 7.47. The number of nitrogens with two attached hydrogens (primary N) is 1. The lowest BCUT2D eigenvalue weighted by atomic mass is 10.1. The molecule has 0 saturated heterocycles. The van der Waals surface area contributed by atoms with Gasteiger partial charge in [0.05, 0.1) is 13.5 Å². The third kappa shape index (κ3) is 2.36. The van der Waals surface area contributed by atoms with E-state index in [0.29, 0.717) is 0 Å². The van der Waals surface area contributed by atoms with Crippen molar-refractivity contribution in [3.63, 3.8) is 0 Å². The molecule has 0 amide bonds. The van der Waals surface area contributed by atoms with Gasteiger partial charge in [0, 0.05) is 17.3 Å². The quantitative estimate of drug-likeness (QED) is 0.815. The number of alkyl halides is 2. The van der Waals surface area contributed by atoms with Crippen LogP contribution in [0, 0.1) is 0 Å². The van der Waals surface area contributed by atoms with Gasteiger partial charge in [-0.25, -0.2) is 13.8 Å². The van der Waals surface area contributed by atoms with Crippen molar-refractivity contribution < 1.29 is 23.4 Å². The second-order valence-corrected chi connectivity index (χ2v) is 2.98. The van der Waals surface area contributed by atoms with Crippen LogP contribution in [0.4, 0.5) is 14.6 Å². The maximum atomic E-state index is 12.6. The first-order valence-electron chi connectivity index (χ1n) is 4.28. The summed E-state index contributed by atoms with van der Waals surface area (Å²) in [6, 6.07) is 0. The molecule has 0 aliphatic rings. The molecular weight excluding hydrogens is 222 g/mol. The Morgan fingerprint density at radius 2 is 2.31 bits per heavy atom. The average Bonchev–Trinajstić information content (AvgIpc) is 2.16. The zero-order valence-corrected chi connectivity index (χ0v) is 8.41. The average molecular weight is 232 g/mol. The van der Waals surface area contributed by atoms with Crippen molar-refractivity contribution in [2.24, 2.45) is 0 Å². The van der Waals surface area contributed by atoms with E-state index < -0.39 is 24.4 Å². The number of halogens is 2. The van der Waals surface area contributed by atoms with Gasteiger partial charge in [0.25, 0.3) is 6.43 Å².